The van der Waals surface area contributed by atoms with Crippen LogP contribution >= 0.6 is 0 Å². The molecule has 0 aliphatic carbocycles. The quantitative estimate of drug-likeness (QED) is 0.0233. The van der Waals surface area contributed by atoms with Crippen molar-refractivity contribution >= 4 is 5.91 Å². The lowest BCUT2D eigenvalue weighted by Crippen LogP contribution is -2.60. The average Bonchev–Trinajstić information content (AvgIpc) is 3.20. The van der Waals surface area contributed by atoms with Gasteiger partial charge in [0.2, 0.25) is 5.91 Å². The van der Waals surface area contributed by atoms with Crippen LogP contribution < -0.4 is 5.32 Å². The monoisotopic (exact) mass is 802 g/mol. The maximum absolute atomic E-state index is 13.0. The van der Waals surface area contributed by atoms with E-state index in [2.05, 4.69) is 31.3 Å². The Hall–Kier alpha value is -1.15. The van der Waals surface area contributed by atoms with Crippen molar-refractivity contribution in [3.8, 4) is 0 Å². The number of aliphatic hydroxyl groups is 7. The van der Waals surface area contributed by atoms with Crippen molar-refractivity contribution in [2.75, 3.05) is 13.2 Å². The summed E-state index contributed by atoms with van der Waals surface area (Å²) in [7, 11) is 0. The molecule has 1 fully saturated rings. The van der Waals surface area contributed by atoms with Gasteiger partial charge in [0.15, 0.2) is 6.29 Å². The predicted molar refractivity (Wildman–Crippen MR) is 224 cm³/mol. The number of unbranched alkanes of at least 4 members (excludes halogenated alkanes) is 24. The van der Waals surface area contributed by atoms with Crippen LogP contribution in [0.15, 0.2) is 12.2 Å². The van der Waals surface area contributed by atoms with Gasteiger partial charge in [-0.25, -0.2) is 0 Å². The predicted octanol–water partition coefficient (Wildman–Crippen LogP) is 7.28. The normalized spacial score (nSPS) is 22.3. The molecular weight excluding hydrogens is 714 g/mol. The molecule has 11 nitrogen and oxygen atoms in total. The Morgan fingerprint density at radius 3 is 1.54 bits per heavy atom. The van der Waals surface area contributed by atoms with Crippen LogP contribution in [-0.4, -0.2) is 110 Å². The summed E-state index contributed by atoms with van der Waals surface area (Å²) < 4.78 is 11.0. The fourth-order valence-electron chi connectivity index (χ4n) is 7.44. The van der Waals surface area contributed by atoms with E-state index in [1.165, 1.54) is 122 Å². The summed E-state index contributed by atoms with van der Waals surface area (Å²) in [4.78, 5) is 13.0. The van der Waals surface area contributed by atoms with Gasteiger partial charge in [0.25, 0.3) is 0 Å². The van der Waals surface area contributed by atoms with Crippen molar-refractivity contribution in [1.29, 1.82) is 0 Å². The van der Waals surface area contributed by atoms with Crippen molar-refractivity contribution < 1.29 is 50.0 Å². The van der Waals surface area contributed by atoms with Gasteiger partial charge in [0, 0.05) is 0 Å². The van der Waals surface area contributed by atoms with Gasteiger partial charge in [0.05, 0.1) is 25.4 Å². The Morgan fingerprint density at radius 1 is 0.607 bits per heavy atom. The summed E-state index contributed by atoms with van der Waals surface area (Å²) >= 11 is 0. The summed E-state index contributed by atoms with van der Waals surface area (Å²) in [6.45, 7) is 3.38. The second-order valence-electron chi connectivity index (χ2n) is 16.5. The third-order valence-electron chi connectivity index (χ3n) is 11.3. The lowest BCUT2D eigenvalue weighted by atomic mass is 9.98. The molecule has 1 heterocycles. The van der Waals surface area contributed by atoms with Crippen LogP contribution in [0.5, 0.6) is 0 Å². The third kappa shape index (κ3) is 25.4. The van der Waals surface area contributed by atoms with Gasteiger partial charge in [-0.1, -0.05) is 174 Å². The molecule has 1 aliphatic rings. The van der Waals surface area contributed by atoms with E-state index in [9.17, 15) is 40.5 Å². The second kappa shape index (κ2) is 35.8. The van der Waals surface area contributed by atoms with Crippen molar-refractivity contribution in [2.45, 2.75) is 255 Å². The Kier molecular flexibility index (Phi) is 33.8. The summed E-state index contributed by atoms with van der Waals surface area (Å²) in [5, 5.41) is 75.4. The fourth-order valence-corrected chi connectivity index (χ4v) is 7.44. The number of rotatable bonds is 38. The molecule has 0 aromatic heterocycles. The molecule has 56 heavy (non-hydrogen) atoms. The average molecular weight is 802 g/mol. The van der Waals surface area contributed by atoms with Gasteiger partial charge in [0.1, 0.15) is 36.6 Å². The van der Waals surface area contributed by atoms with E-state index in [1.807, 2.05) is 0 Å². The molecule has 9 atom stereocenters. The first kappa shape index (κ1) is 52.9. The van der Waals surface area contributed by atoms with Crippen LogP contribution in [0.3, 0.4) is 0 Å². The maximum atomic E-state index is 13.0. The highest BCUT2D eigenvalue weighted by molar-refractivity contribution is 5.80. The Bertz CT molecular complexity index is 923. The zero-order valence-electron chi connectivity index (χ0n) is 35.6. The summed E-state index contributed by atoms with van der Waals surface area (Å²) in [6, 6.07) is -1.18. The number of ether oxygens (including phenoxy) is 2. The Morgan fingerprint density at radius 2 is 1.05 bits per heavy atom. The van der Waals surface area contributed by atoms with E-state index in [-0.39, 0.29) is 12.8 Å². The highest BCUT2D eigenvalue weighted by Gasteiger charge is 2.44. The molecule has 332 valence electrons. The van der Waals surface area contributed by atoms with Crippen molar-refractivity contribution in [3.63, 3.8) is 0 Å². The van der Waals surface area contributed by atoms with Crippen LogP contribution in [0.4, 0.5) is 0 Å². The van der Waals surface area contributed by atoms with Crippen LogP contribution in [0.1, 0.15) is 200 Å². The number of hydrogen-bond acceptors (Lipinski definition) is 10. The Labute approximate surface area is 341 Å². The van der Waals surface area contributed by atoms with Gasteiger partial charge < -0.3 is 50.5 Å². The number of amides is 1. The second-order valence-corrected chi connectivity index (χ2v) is 16.5. The van der Waals surface area contributed by atoms with Crippen LogP contribution in [-0.2, 0) is 14.3 Å². The van der Waals surface area contributed by atoms with E-state index in [0.717, 1.165) is 38.5 Å². The van der Waals surface area contributed by atoms with Crippen LogP contribution in [0.25, 0.3) is 0 Å². The minimum atomic E-state index is -1.66. The lowest BCUT2D eigenvalue weighted by molar-refractivity contribution is -0.303. The first-order valence-corrected chi connectivity index (χ1v) is 23.1. The van der Waals surface area contributed by atoms with E-state index >= 15 is 0 Å². The van der Waals surface area contributed by atoms with Gasteiger partial charge in [-0.05, 0) is 38.5 Å². The molecule has 0 aromatic carbocycles. The molecule has 8 N–H and O–H groups in total. The smallest absolute Gasteiger partial charge is 0.249 e. The SMILES string of the molecule is CCCCCC/C=C/CCCC(O)C(O)C(COC1OC(CO)C(O)C(O)C1O)NC(=O)C(O)CCCCCCCCCCCCCCCCCCCCCC. The molecule has 1 saturated heterocycles. The molecule has 0 aromatic rings. The molecular formula is C45H87NO10. The van der Waals surface area contributed by atoms with E-state index in [0.29, 0.717) is 12.8 Å². The molecule has 0 spiro atoms. The zero-order valence-corrected chi connectivity index (χ0v) is 35.6. The van der Waals surface area contributed by atoms with Crippen molar-refractivity contribution in [1.82, 2.24) is 5.32 Å². The van der Waals surface area contributed by atoms with Crippen LogP contribution in [0.2, 0.25) is 0 Å². The van der Waals surface area contributed by atoms with Gasteiger partial charge >= 0.3 is 0 Å². The van der Waals surface area contributed by atoms with Crippen LogP contribution in [0, 0.1) is 0 Å². The molecule has 1 aliphatic heterocycles. The molecule has 9 unspecified atom stereocenters. The first-order valence-electron chi connectivity index (χ1n) is 23.1. The van der Waals surface area contributed by atoms with Crippen molar-refractivity contribution in [2.24, 2.45) is 0 Å². The van der Waals surface area contributed by atoms with Gasteiger partial charge in [-0.15, -0.1) is 0 Å². The Balaban J connectivity index is 2.38. The third-order valence-corrected chi connectivity index (χ3v) is 11.3. The lowest BCUT2D eigenvalue weighted by Gasteiger charge is -2.40. The molecule has 0 bridgehead atoms. The maximum Gasteiger partial charge on any atom is 0.249 e. The number of nitrogens with one attached hydrogen (secondary N) is 1. The minimum Gasteiger partial charge on any atom is -0.394 e. The number of aliphatic hydroxyl groups excluding tert-OH is 7. The summed E-state index contributed by atoms with van der Waals surface area (Å²) in [5.74, 6) is -0.706. The number of carbonyl (C=O) groups excluding carboxylic acids is 1. The largest absolute Gasteiger partial charge is 0.394 e. The minimum absolute atomic E-state index is 0.258. The number of allylic oxidation sites excluding steroid dienone is 2. The highest BCUT2D eigenvalue weighted by Crippen LogP contribution is 2.23. The van der Waals surface area contributed by atoms with E-state index < -0.39 is 74.2 Å². The van der Waals surface area contributed by atoms with Gasteiger partial charge in [-0.3, -0.25) is 4.79 Å². The molecule has 1 rings (SSSR count). The topological polar surface area (TPSA) is 189 Å². The number of carbonyl (C=O) groups is 1. The first-order chi connectivity index (χ1) is 27.2. The molecule has 0 saturated carbocycles. The zero-order chi connectivity index (χ0) is 41.2. The molecule has 1 amide bonds. The highest BCUT2D eigenvalue weighted by atomic mass is 16.7. The molecule has 11 heteroatoms. The van der Waals surface area contributed by atoms with Gasteiger partial charge in [-0.2, -0.15) is 0 Å². The van der Waals surface area contributed by atoms with Crippen molar-refractivity contribution in [3.05, 3.63) is 12.2 Å². The molecule has 0 radical (unpaired) electrons. The summed E-state index contributed by atoms with van der Waals surface area (Å²) in [6.07, 6.45) is 25.7. The van der Waals surface area contributed by atoms with E-state index in [1.54, 1.807) is 0 Å². The van der Waals surface area contributed by atoms with E-state index in [4.69, 9.17) is 9.47 Å². The standard InChI is InChI=1S/C45H87NO10/c1-3-5-7-9-11-13-14-15-16-17-18-19-20-21-22-23-25-27-29-31-33-38(49)44(54)46-36(35-55-45-43(53)42(52)41(51)39(34-47)56-45)40(50)37(48)32-30-28-26-24-12-10-8-6-4-2/h24,26,36-43,45,47-53H,3-23,25,27-35H2,1-2H3,(H,46,54)/b26-24+. The summed E-state index contributed by atoms with van der Waals surface area (Å²) in [5.41, 5.74) is 0. The fraction of sp³-hybridized carbons (Fsp3) is 0.933. The number of hydrogen-bond donors (Lipinski definition) is 8.